The minimum absolute atomic E-state index is 0.0878. The van der Waals surface area contributed by atoms with Gasteiger partial charge in [-0.05, 0) is 37.8 Å². The number of nitrogens with zero attached hydrogens (tertiary/aromatic N) is 3. The van der Waals surface area contributed by atoms with Crippen LogP contribution < -0.4 is 0 Å². The second-order valence-corrected chi connectivity index (χ2v) is 6.03. The molecule has 7 nitrogen and oxygen atoms in total. The molecule has 7 heteroatoms. The number of benzene rings is 1. The fourth-order valence-corrected chi connectivity index (χ4v) is 3.02. The number of carbonyl (C=O) groups is 2. The molecule has 1 fully saturated rings. The van der Waals surface area contributed by atoms with Crippen LogP contribution in [0.5, 0.6) is 0 Å². The number of aromatic nitrogens is 2. The summed E-state index contributed by atoms with van der Waals surface area (Å²) in [7, 11) is 0. The molecular weight excluding hydrogens is 310 g/mol. The predicted molar refractivity (Wildman–Crippen MR) is 85.4 cm³/mol. The third-order valence-corrected chi connectivity index (χ3v) is 4.28. The number of aliphatic carboxylic acids is 1. The van der Waals surface area contributed by atoms with Gasteiger partial charge in [0, 0.05) is 19.5 Å². The van der Waals surface area contributed by atoms with Gasteiger partial charge in [-0.2, -0.15) is 4.98 Å². The molecule has 0 radical (unpaired) electrons. The van der Waals surface area contributed by atoms with E-state index in [-0.39, 0.29) is 18.2 Å². The van der Waals surface area contributed by atoms with E-state index >= 15 is 0 Å². The monoisotopic (exact) mass is 329 g/mol. The highest BCUT2D eigenvalue weighted by Gasteiger charge is 2.27. The molecule has 1 amide bonds. The molecule has 0 spiro atoms. The molecule has 1 aliphatic heterocycles. The lowest BCUT2D eigenvalue weighted by atomic mass is 9.93. The second kappa shape index (κ2) is 6.82. The topological polar surface area (TPSA) is 96.5 Å². The van der Waals surface area contributed by atoms with Gasteiger partial charge in [-0.15, -0.1) is 0 Å². The van der Waals surface area contributed by atoms with Crippen LogP contribution in [0.1, 0.15) is 35.4 Å². The van der Waals surface area contributed by atoms with E-state index in [1.54, 1.807) is 30.0 Å². The average molecular weight is 329 g/mol. The summed E-state index contributed by atoms with van der Waals surface area (Å²) in [5.74, 6) is 0.117. The third-order valence-electron chi connectivity index (χ3n) is 4.28. The fraction of sp³-hybridized carbons (Fsp3) is 0.412. The minimum atomic E-state index is -0.781. The van der Waals surface area contributed by atoms with Crippen LogP contribution in [0.25, 0.3) is 11.5 Å². The Hall–Kier alpha value is -2.70. The number of aryl methyl sites for hydroxylation is 1. The Morgan fingerprint density at radius 3 is 2.62 bits per heavy atom. The zero-order valence-electron chi connectivity index (χ0n) is 13.4. The lowest BCUT2D eigenvalue weighted by Crippen LogP contribution is -2.39. The van der Waals surface area contributed by atoms with Gasteiger partial charge in [0.25, 0.3) is 11.8 Å². The number of hydrogen-bond acceptors (Lipinski definition) is 5. The van der Waals surface area contributed by atoms with E-state index in [9.17, 15) is 9.59 Å². The van der Waals surface area contributed by atoms with Gasteiger partial charge >= 0.3 is 5.97 Å². The normalized spacial score (nSPS) is 15.5. The Morgan fingerprint density at radius 2 is 2.00 bits per heavy atom. The summed E-state index contributed by atoms with van der Waals surface area (Å²) >= 11 is 0. The maximum atomic E-state index is 12.8. The number of likely N-dealkylation sites (tertiary alicyclic amines) is 1. The number of amides is 1. The second-order valence-electron chi connectivity index (χ2n) is 6.03. The van der Waals surface area contributed by atoms with E-state index in [2.05, 4.69) is 10.1 Å². The van der Waals surface area contributed by atoms with Crippen LogP contribution in [0, 0.1) is 12.8 Å². The average Bonchev–Trinajstić information content (AvgIpc) is 3.01. The first kappa shape index (κ1) is 16.2. The maximum absolute atomic E-state index is 12.8. The van der Waals surface area contributed by atoms with E-state index in [1.807, 2.05) is 6.07 Å². The smallest absolute Gasteiger partial charge is 0.303 e. The van der Waals surface area contributed by atoms with Gasteiger partial charge in [-0.1, -0.05) is 17.3 Å². The first-order valence-corrected chi connectivity index (χ1v) is 7.95. The molecule has 1 aromatic carbocycles. The van der Waals surface area contributed by atoms with Crippen LogP contribution in [0.15, 0.2) is 28.8 Å². The van der Waals surface area contributed by atoms with E-state index < -0.39 is 5.97 Å². The van der Waals surface area contributed by atoms with Crippen LogP contribution >= 0.6 is 0 Å². The predicted octanol–water partition coefficient (Wildman–Crippen LogP) is 2.37. The largest absolute Gasteiger partial charge is 0.481 e. The number of piperidine rings is 1. The van der Waals surface area contributed by atoms with E-state index in [0.717, 1.165) is 0 Å². The Balaban J connectivity index is 1.76. The van der Waals surface area contributed by atoms with Crippen LogP contribution in [0.3, 0.4) is 0 Å². The molecule has 0 bridgehead atoms. The molecule has 1 saturated heterocycles. The number of carboxylic acid groups (broad SMARTS) is 1. The highest BCUT2D eigenvalue weighted by Crippen LogP contribution is 2.26. The molecular formula is C17H19N3O4. The van der Waals surface area contributed by atoms with Gasteiger partial charge in [-0.3, -0.25) is 9.59 Å². The van der Waals surface area contributed by atoms with Crippen LogP contribution in [-0.4, -0.2) is 45.1 Å². The van der Waals surface area contributed by atoms with E-state index in [1.165, 1.54) is 0 Å². The number of rotatable bonds is 4. The van der Waals surface area contributed by atoms with Gasteiger partial charge < -0.3 is 14.5 Å². The van der Waals surface area contributed by atoms with Gasteiger partial charge in [-0.25, -0.2) is 0 Å². The molecule has 0 unspecified atom stereocenters. The summed E-state index contributed by atoms with van der Waals surface area (Å²) in [5, 5.41) is 12.7. The van der Waals surface area contributed by atoms with E-state index in [4.69, 9.17) is 9.63 Å². The van der Waals surface area contributed by atoms with Crippen molar-refractivity contribution < 1.29 is 19.2 Å². The van der Waals surface area contributed by atoms with Gasteiger partial charge in [0.15, 0.2) is 5.82 Å². The van der Waals surface area contributed by atoms with Crippen molar-refractivity contribution >= 4 is 11.9 Å². The zero-order chi connectivity index (χ0) is 17.1. The lowest BCUT2D eigenvalue weighted by molar-refractivity contribution is -0.138. The molecule has 126 valence electrons. The quantitative estimate of drug-likeness (QED) is 0.925. The van der Waals surface area contributed by atoms with Crippen LogP contribution in [0.4, 0.5) is 0 Å². The molecule has 0 atom stereocenters. The first-order chi connectivity index (χ1) is 11.5. The van der Waals surface area contributed by atoms with Crippen molar-refractivity contribution in [2.45, 2.75) is 26.2 Å². The van der Waals surface area contributed by atoms with Crippen molar-refractivity contribution in [3.63, 3.8) is 0 Å². The van der Waals surface area contributed by atoms with Crippen molar-refractivity contribution in [2.24, 2.45) is 5.92 Å². The van der Waals surface area contributed by atoms with Gasteiger partial charge in [0.05, 0.1) is 11.1 Å². The number of hydrogen-bond donors (Lipinski definition) is 1. The van der Waals surface area contributed by atoms with Crippen LogP contribution in [0.2, 0.25) is 0 Å². The molecule has 1 aromatic heterocycles. The Morgan fingerprint density at radius 1 is 1.29 bits per heavy atom. The first-order valence-electron chi connectivity index (χ1n) is 7.95. The molecule has 1 N–H and O–H groups in total. The van der Waals surface area contributed by atoms with Gasteiger partial charge in [0.2, 0.25) is 0 Å². The molecule has 1 aliphatic rings. The summed E-state index contributed by atoms with van der Waals surface area (Å²) < 4.78 is 5.19. The molecule has 0 saturated carbocycles. The highest BCUT2D eigenvalue weighted by molar-refractivity contribution is 6.00. The summed E-state index contributed by atoms with van der Waals surface area (Å²) in [5.41, 5.74) is 1.15. The van der Waals surface area contributed by atoms with E-state index in [0.29, 0.717) is 48.8 Å². The van der Waals surface area contributed by atoms with Crippen LogP contribution in [-0.2, 0) is 4.79 Å². The standard InChI is InChI=1S/C17H19N3O4/c1-11-18-16(24-19-11)13-4-2-3-5-14(13)17(23)20-8-6-12(7-9-20)10-15(21)22/h2-5,12H,6-10H2,1H3,(H,21,22). The van der Waals surface area contributed by atoms with Gasteiger partial charge in [0.1, 0.15) is 0 Å². The summed E-state index contributed by atoms with van der Waals surface area (Å²) in [4.78, 5) is 29.6. The molecule has 3 rings (SSSR count). The van der Waals surface area contributed by atoms with Crippen molar-refractivity contribution in [2.75, 3.05) is 13.1 Å². The maximum Gasteiger partial charge on any atom is 0.303 e. The molecule has 2 aromatic rings. The van der Waals surface area contributed by atoms with Crippen molar-refractivity contribution in [3.8, 4) is 11.5 Å². The number of carbonyl (C=O) groups excluding carboxylic acids is 1. The highest BCUT2D eigenvalue weighted by atomic mass is 16.5. The summed E-state index contributed by atoms with van der Waals surface area (Å²) in [6.45, 7) is 2.85. The zero-order valence-corrected chi connectivity index (χ0v) is 13.4. The Bertz CT molecular complexity index is 748. The van der Waals surface area contributed by atoms with Crippen molar-refractivity contribution in [1.29, 1.82) is 0 Å². The minimum Gasteiger partial charge on any atom is -0.481 e. The van der Waals surface area contributed by atoms with Crippen molar-refractivity contribution in [1.82, 2.24) is 15.0 Å². The molecule has 0 aliphatic carbocycles. The Kier molecular flexibility index (Phi) is 4.59. The number of carboxylic acids is 1. The summed E-state index contributed by atoms with van der Waals surface area (Å²) in [6.07, 6.45) is 1.58. The molecule has 2 heterocycles. The third kappa shape index (κ3) is 3.45. The lowest BCUT2D eigenvalue weighted by Gasteiger charge is -2.31. The van der Waals surface area contributed by atoms with Crippen molar-refractivity contribution in [3.05, 3.63) is 35.7 Å². The molecule has 24 heavy (non-hydrogen) atoms. The Labute approximate surface area is 139 Å². The SMILES string of the molecule is Cc1noc(-c2ccccc2C(=O)N2CCC(CC(=O)O)CC2)n1. The fourth-order valence-electron chi connectivity index (χ4n) is 3.02. The summed E-state index contributed by atoms with van der Waals surface area (Å²) in [6, 6.07) is 7.17.